The van der Waals surface area contributed by atoms with E-state index in [0.29, 0.717) is 18.3 Å². The number of aryl methyl sites for hydroxylation is 1. The zero-order valence-electron chi connectivity index (χ0n) is 14.3. The van der Waals surface area contributed by atoms with Crippen LogP contribution in [0.2, 0.25) is 0 Å². The number of nitrogen functional groups attached to an aromatic ring is 1. The van der Waals surface area contributed by atoms with E-state index in [9.17, 15) is 4.79 Å². The summed E-state index contributed by atoms with van der Waals surface area (Å²) in [5.74, 6) is 0.983. The number of rotatable bonds is 5. The number of primary amides is 1. The lowest BCUT2D eigenvalue weighted by atomic mass is 9.96. The van der Waals surface area contributed by atoms with Gasteiger partial charge in [0.1, 0.15) is 5.82 Å². The number of nitrogens with one attached hydrogen (secondary N) is 1. The molecule has 8 nitrogen and oxygen atoms in total. The molecule has 25 heavy (non-hydrogen) atoms. The van der Waals surface area contributed by atoms with E-state index >= 15 is 0 Å². The Labute approximate surface area is 146 Å². The summed E-state index contributed by atoms with van der Waals surface area (Å²) >= 11 is 0. The predicted molar refractivity (Wildman–Crippen MR) is 95.9 cm³/mol. The molecule has 1 aliphatic heterocycles. The van der Waals surface area contributed by atoms with Gasteiger partial charge in [-0.15, -0.1) is 0 Å². The summed E-state index contributed by atoms with van der Waals surface area (Å²) in [5.41, 5.74) is 13.3. The van der Waals surface area contributed by atoms with Gasteiger partial charge in [-0.1, -0.05) is 17.7 Å². The zero-order valence-corrected chi connectivity index (χ0v) is 14.3. The summed E-state index contributed by atoms with van der Waals surface area (Å²) in [5, 5.41) is 3.15. The number of likely N-dealkylation sites (tertiary alicyclic amines) is 1. The SMILES string of the molecule is Cc1ccc(Nc2nc(N)nc(CN3CCC(C(N)=O)CC3)n2)cc1. The van der Waals surface area contributed by atoms with E-state index in [4.69, 9.17) is 11.5 Å². The van der Waals surface area contributed by atoms with Crippen LogP contribution in [-0.2, 0) is 11.3 Å². The molecule has 1 fully saturated rings. The molecule has 0 saturated carbocycles. The van der Waals surface area contributed by atoms with Gasteiger partial charge >= 0.3 is 0 Å². The van der Waals surface area contributed by atoms with Crippen LogP contribution < -0.4 is 16.8 Å². The number of hydrogen-bond acceptors (Lipinski definition) is 7. The van der Waals surface area contributed by atoms with E-state index in [0.717, 1.165) is 31.6 Å². The zero-order chi connectivity index (χ0) is 17.8. The molecule has 0 spiro atoms. The molecule has 8 heteroatoms. The van der Waals surface area contributed by atoms with Crippen LogP contribution in [0.1, 0.15) is 24.2 Å². The molecule has 1 aromatic carbocycles. The van der Waals surface area contributed by atoms with E-state index in [-0.39, 0.29) is 17.8 Å². The lowest BCUT2D eigenvalue weighted by Crippen LogP contribution is -2.38. The van der Waals surface area contributed by atoms with Crippen LogP contribution in [0.5, 0.6) is 0 Å². The minimum Gasteiger partial charge on any atom is -0.369 e. The van der Waals surface area contributed by atoms with Gasteiger partial charge in [-0.05, 0) is 45.0 Å². The molecule has 0 bridgehead atoms. The van der Waals surface area contributed by atoms with Gasteiger partial charge in [0, 0.05) is 11.6 Å². The average molecular weight is 341 g/mol. The van der Waals surface area contributed by atoms with Gasteiger partial charge in [-0.2, -0.15) is 15.0 Å². The Morgan fingerprint density at radius 1 is 1.20 bits per heavy atom. The summed E-state index contributed by atoms with van der Waals surface area (Å²) < 4.78 is 0. The van der Waals surface area contributed by atoms with Gasteiger partial charge in [-0.25, -0.2) is 0 Å². The molecule has 0 unspecified atom stereocenters. The van der Waals surface area contributed by atoms with Gasteiger partial charge in [0.25, 0.3) is 0 Å². The molecule has 132 valence electrons. The number of nitrogens with two attached hydrogens (primary N) is 2. The molecule has 0 aliphatic carbocycles. The van der Waals surface area contributed by atoms with Crippen LogP contribution in [0, 0.1) is 12.8 Å². The maximum Gasteiger partial charge on any atom is 0.232 e. The standard InChI is InChI=1S/C17H23N7O/c1-11-2-4-13(5-3-11)20-17-22-14(21-16(19)23-17)10-24-8-6-12(7-9-24)15(18)25/h2-5,12H,6-10H2,1H3,(H2,18,25)(H3,19,20,21,22,23). The van der Waals surface area contributed by atoms with Crippen molar-refractivity contribution in [2.75, 3.05) is 24.1 Å². The molecule has 1 aromatic heterocycles. The van der Waals surface area contributed by atoms with Crippen LogP contribution in [0.15, 0.2) is 24.3 Å². The Morgan fingerprint density at radius 2 is 1.88 bits per heavy atom. The molecule has 0 radical (unpaired) electrons. The van der Waals surface area contributed by atoms with E-state index in [1.165, 1.54) is 5.56 Å². The van der Waals surface area contributed by atoms with Crippen molar-refractivity contribution in [3.8, 4) is 0 Å². The minimum absolute atomic E-state index is 0.0292. The van der Waals surface area contributed by atoms with Crippen LogP contribution in [0.3, 0.4) is 0 Å². The van der Waals surface area contributed by atoms with E-state index in [2.05, 4.69) is 25.2 Å². The predicted octanol–water partition coefficient (Wildman–Crippen LogP) is 1.20. The van der Waals surface area contributed by atoms with E-state index in [1.807, 2.05) is 31.2 Å². The number of amides is 1. The first-order valence-corrected chi connectivity index (χ1v) is 8.35. The highest BCUT2D eigenvalue weighted by molar-refractivity contribution is 5.76. The largest absolute Gasteiger partial charge is 0.369 e. The summed E-state index contributed by atoms with van der Waals surface area (Å²) in [6.07, 6.45) is 1.54. The van der Waals surface area contributed by atoms with Crippen molar-refractivity contribution in [2.45, 2.75) is 26.3 Å². The first kappa shape index (κ1) is 17.1. The summed E-state index contributed by atoms with van der Waals surface area (Å²) in [7, 11) is 0. The monoisotopic (exact) mass is 341 g/mol. The van der Waals surface area contributed by atoms with Crippen molar-refractivity contribution in [1.29, 1.82) is 0 Å². The number of benzene rings is 1. The van der Waals surface area contributed by atoms with Crippen LogP contribution >= 0.6 is 0 Å². The van der Waals surface area contributed by atoms with Crippen molar-refractivity contribution < 1.29 is 4.79 Å². The third-order valence-electron chi connectivity index (χ3n) is 4.36. The maximum atomic E-state index is 11.2. The topological polar surface area (TPSA) is 123 Å². The summed E-state index contributed by atoms with van der Waals surface area (Å²) in [4.78, 5) is 26.3. The second kappa shape index (κ2) is 7.43. The number of piperidine rings is 1. The smallest absolute Gasteiger partial charge is 0.232 e. The molecule has 2 aromatic rings. The highest BCUT2D eigenvalue weighted by Gasteiger charge is 2.23. The molecule has 3 rings (SSSR count). The normalized spacial score (nSPS) is 15.9. The van der Waals surface area contributed by atoms with Crippen molar-refractivity contribution in [3.63, 3.8) is 0 Å². The fourth-order valence-electron chi connectivity index (χ4n) is 2.91. The average Bonchev–Trinajstić information content (AvgIpc) is 2.57. The van der Waals surface area contributed by atoms with E-state index < -0.39 is 0 Å². The Bertz CT molecular complexity index is 739. The molecule has 1 amide bonds. The third-order valence-corrected chi connectivity index (χ3v) is 4.36. The summed E-state index contributed by atoms with van der Waals surface area (Å²) in [6, 6.07) is 7.94. The highest BCUT2D eigenvalue weighted by atomic mass is 16.1. The molecule has 1 saturated heterocycles. The molecule has 2 heterocycles. The van der Waals surface area contributed by atoms with Gasteiger partial charge in [0.15, 0.2) is 0 Å². The lowest BCUT2D eigenvalue weighted by Gasteiger charge is -2.29. The fourth-order valence-corrected chi connectivity index (χ4v) is 2.91. The molecule has 1 aliphatic rings. The summed E-state index contributed by atoms with van der Waals surface area (Å²) in [6.45, 7) is 4.19. The highest BCUT2D eigenvalue weighted by Crippen LogP contribution is 2.19. The van der Waals surface area contributed by atoms with Gasteiger partial charge in [0.2, 0.25) is 17.8 Å². The number of nitrogens with zero attached hydrogens (tertiary/aromatic N) is 4. The number of hydrogen-bond donors (Lipinski definition) is 3. The quantitative estimate of drug-likeness (QED) is 0.746. The number of aromatic nitrogens is 3. The molecular formula is C17H23N7O. The fraction of sp³-hybridized carbons (Fsp3) is 0.412. The van der Waals surface area contributed by atoms with Crippen LogP contribution in [-0.4, -0.2) is 38.8 Å². The van der Waals surface area contributed by atoms with Gasteiger partial charge in [-0.3, -0.25) is 9.69 Å². The maximum absolute atomic E-state index is 11.2. The van der Waals surface area contributed by atoms with Crippen molar-refractivity contribution in [2.24, 2.45) is 11.7 Å². The lowest BCUT2D eigenvalue weighted by molar-refractivity contribution is -0.123. The number of anilines is 3. The van der Waals surface area contributed by atoms with Crippen LogP contribution in [0.4, 0.5) is 17.6 Å². The Hall–Kier alpha value is -2.74. The minimum atomic E-state index is -0.214. The van der Waals surface area contributed by atoms with Crippen molar-refractivity contribution in [1.82, 2.24) is 19.9 Å². The van der Waals surface area contributed by atoms with E-state index in [1.54, 1.807) is 0 Å². The molecule has 5 N–H and O–H groups in total. The molecule has 0 atom stereocenters. The van der Waals surface area contributed by atoms with Crippen molar-refractivity contribution in [3.05, 3.63) is 35.7 Å². The van der Waals surface area contributed by atoms with Gasteiger partial charge in [0.05, 0.1) is 6.54 Å². The van der Waals surface area contributed by atoms with Crippen molar-refractivity contribution >= 4 is 23.5 Å². The number of carbonyl (C=O) groups is 1. The first-order chi connectivity index (χ1) is 12.0. The molecular weight excluding hydrogens is 318 g/mol. The Morgan fingerprint density at radius 3 is 2.52 bits per heavy atom. The first-order valence-electron chi connectivity index (χ1n) is 8.35. The van der Waals surface area contributed by atoms with Gasteiger partial charge < -0.3 is 16.8 Å². The second-order valence-corrected chi connectivity index (χ2v) is 6.38. The Kier molecular flexibility index (Phi) is 5.08. The third kappa shape index (κ3) is 4.63. The number of carbonyl (C=O) groups excluding carboxylic acids is 1. The van der Waals surface area contributed by atoms with Crippen LogP contribution in [0.25, 0.3) is 0 Å². The second-order valence-electron chi connectivity index (χ2n) is 6.38. The Balaban J connectivity index is 1.65.